The summed E-state index contributed by atoms with van der Waals surface area (Å²) < 4.78 is 10.1. The van der Waals surface area contributed by atoms with Crippen LogP contribution in [-0.2, 0) is 9.53 Å². The third-order valence-corrected chi connectivity index (χ3v) is 2.75. The average molecular weight is 282 g/mol. The molecule has 0 aromatic heterocycles. The zero-order chi connectivity index (χ0) is 14.8. The molecule has 1 aromatic carbocycles. The van der Waals surface area contributed by atoms with Gasteiger partial charge in [0, 0.05) is 32.0 Å². The maximum Gasteiger partial charge on any atom is 0.238 e. The Kier molecular flexibility index (Phi) is 7.64. The van der Waals surface area contributed by atoms with Crippen LogP contribution in [0.5, 0.6) is 5.75 Å². The Balaban J connectivity index is 2.51. The number of nitrogens with one attached hydrogen (secondary N) is 1. The zero-order valence-corrected chi connectivity index (χ0v) is 12.0. The fourth-order valence-corrected chi connectivity index (χ4v) is 1.74. The van der Waals surface area contributed by atoms with Gasteiger partial charge < -0.3 is 19.9 Å². The summed E-state index contributed by atoms with van der Waals surface area (Å²) in [6, 6.07) is 7.17. The monoisotopic (exact) mass is 282 g/mol. The quantitative estimate of drug-likeness (QED) is 0.693. The van der Waals surface area contributed by atoms with E-state index in [1.165, 1.54) is 0 Å². The van der Waals surface area contributed by atoms with Gasteiger partial charge in [-0.15, -0.1) is 0 Å². The lowest BCUT2D eigenvalue weighted by atomic mass is 10.3. The molecule has 0 saturated carbocycles. The van der Waals surface area contributed by atoms with E-state index in [9.17, 15) is 4.79 Å². The molecule has 1 aromatic rings. The number of benzene rings is 1. The van der Waals surface area contributed by atoms with Crippen molar-refractivity contribution in [2.45, 2.75) is 0 Å². The average Bonchev–Trinajstić information content (AvgIpc) is 2.45. The van der Waals surface area contributed by atoms with E-state index in [1.54, 1.807) is 26.4 Å². The first-order chi connectivity index (χ1) is 9.69. The SMILES string of the molecule is COCCN(CCO)CC(=O)Nc1cccc(OC)c1. The summed E-state index contributed by atoms with van der Waals surface area (Å²) >= 11 is 0. The van der Waals surface area contributed by atoms with Gasteiger partial charge >= 0.3 is 0 Å². The van der Waals surface area contributed by atoms with E-state index in [0.717, 1.165) is 0 Å². The van der Waals surface area contributed by atoms with Crippen molar-refractivity contribution in [2.24, 2.45) is 0 Å². The standard InChI is InChI=1S/C14H22N2O4/c1-19-9-7-16(6-8-17)11-14(18)15-12-4-3-5-13(10-12)20-2/h3-5,10,17H,6-9,11H2,1-2H3,(H,15,18). The van der Waals surface area contributed by atoms with Gasteiger partial charge in [0.05, 0.1) is 26.9 Å². The van der Waals surface area contributed by atoms with Crippen molar-refractivity contribution in [1.29, 1.82) is 0 Å². The van der Waals surface area contributed by atoms with Gasteiger partial charge in [-0.25, -0.2) is 0 Å². The molecule has 0 aliphatic carbocycles. The van der Waals surface area contributed by atoms with Crippen LogP contribution in [0.4, 0.5) is 5.69 Å². The Bertz CT molecular complexity index is 412. The van der Waals surface area contributed by atoms with Gasteiger partial charge in [0.25, 0.3) is 0 Å². The smallest absolute Gasteiger partial charge is 0.238 e. The lowest BCUT2D eigenvalue weighted by Crippen LogP contribution is -2.37. The van der Waals surface area contributed by atoms with E-state index in [1.807, 2.05) is 17.0 Å². The highest BCUT2D eigenvalue weighted by atomic mass is 16.5. The van der Waals surface area contributed by atoms with Gasteiger partial charge in [0.15, 0.2) is 0 Å². The van der Waals surface area contributed by atoms with Crippen LogP contribution in [0.1, 0.15) is 0 Å². The minimum absolute atomic E-state index is 0.0101. The normalized spacial score (nSPS) is 10.6. The van der Waals surface area contributed by atoms with Crippen LogP contribution in [0.15, 0.2) is 24.3 Å². The molecule has 0 fully saturated rings. The number of carbonyl (C=O) groups is 1. The molecule has 1 amide bonds. The number of aliphatic hydroxyl groups is 1. The highest BCUT2D eigenvalue weighted by Gasteiger charge is 2.10. The molecule has 2 N–H and O–H groups in total. The molecule has 1 rings (SSSR count). The summed E-state index contributed by atoms with van der Waals surface area (Å²) in [6.45, 7) is 1.78. The Morgan fingerprint density at radius 1 is 1.35 bits per heavy atom. The van der Waals surface area contributed by atoms with Gasteiger partial charge in [-0.2, -0.15) is 0 Å². The van der Waals surface area contributed by atoms with Crippen LogP contribution in [-0.4, -0.2) is 63.0 Å². The van der Waals surface area contributed by atoms with E-state index in [-0.39, 0.29) is 19.1 Å². The van der Waals surface area contributed by atoms with Crippen LogP contribution in [0, 0.1) is 0 Å². The number of aliphatic hydroxyl groups excluding tert-OH is 1. The molecule has 0 radical (unpaired) electrons. The molecule has 0 heterocycles. The number of ether oxygens (including phenoxy) is 2. The lowest BCUT2D eigenvalue weighted by Gasteiger charge is -2.20. The predicted molar refractivity (Wildman–Crippen MR) is 77.0 cm³/mol. The van der Waals surface area contributed by atoms with E-state index in [2.05, 4.69) is 5.32 Å². The summed E-state index contributed by atoms with van der Waals surface area (Å²) in [4.78, 5) is 13.8. The zero-order valence-electron chi connectivity index (χ0n) is 12.0. The number of amides is 1. The maximum atomic E-state index is 11.9. The molecule has 0 saturated heterocycles. The van der Waals surface area contributed by atoms with Crippen molar-refractivity contribution in [3.05, 3.63) is 24.3 Å². The highest BCUT2D eigenvalue weighted by Crippen LogP contribution is 2.16. The minimum Gasteiger partial charge on any atom is -0.497 e. The van der Waals surface area contributed by atoms with Crippen LogP contribution >= 0.6 is 0 Å². The van der Waals surface area contributed by atoms with E-state index in [0.29, 0.717) is 31.1 Å². The fourth-order valence-electron chi connectivity index (χ4n) is 1.74. The van der Waals surface area contributed by atoms with Gasteiger partial charge in [-0.1, -0.05) is 6.07 Å². The first-order valence-corrected chi connectivity index (χ1v) is 6.45. The molecule has 6 nitrogen and oxygen atoms in total. The van der Waals surface area contributed by atoms with Gasteiger partial charge in [-0.3, -0.25) is 9.69 Å². The summed E-state index contributed by atoms with van der Waals surface area (Å²) in [6.07, 6.45) is 0. The maximum absolute atomic E-state index is 11.9. The molecular weight excluding hydrogens is 260 g/mol. The molecule has 0 unspecified atom stereocenters. The van der Waals surface area contributed by atoms with E-state index < -0.39 is 0 Å². The van der Waals surface area contributed by atoms with Gasteiger partial charge in [0.2, 0.25) is 5.91 Å². The molecular formula is C14H22N2O4. The Labute approximate surface area is 119 Å². The predicted octanol–water partition coefficient (Wildman–Crippen LogP) is 0.574. The highest BCUT2D eigenvalue weighted by molar-refractivity contribution is 5.92. The van der Waals surface area contributed by atoms with Crippen LogP contribution in [0.25, 0.3) is 0 Å². The van der Waals surface area contributed by atoms with Crippen LogP contribution < -0.4 is 10.1 Å². The number of carbonyl (C=O) groups excluding carboxylic acids is 1. The Morgan fingerprint density at radius 3 is 2.80 bits per heavy atom. The van der Waals surface area contributed by atoms with Crippen molar-refractivity contribution in [3.63, 3.8) is 0 Å². The number of nitrogens with zero attached hydrogens (tertiary/aromatic N) is 1. The summed E-state index contributed by atoms with van der Waals surface area (Å²) in [5.74, 6) is 0.553. The number of anilines is 1. The van der Waals surface area contributed by atoms with Crippen LogP contribution in [0.2, 0.25) is 0 Å². The second kappa shape index (κ2) is 9.30. The first kappa shape index (κ1) is 16.4. The third kappa shape index (κ3) is 6.01. The third-order valence-electron chi connectivity index (χ3n) is 2.75. The fraction of sp³-hybridized carbons (Fsp3) is 0.500. The second-order valence-electron chi connectivity index (χ2n) is 4.27. The number of methoxy groups -OCH3 is 2. The number of rotatable bonds is 9. The second-order valence-corrected chi connectivity index (χ2v) is 4.27. The van der Waals surface area contributed by atoms with Crippen molar-refractivity contribution in [2.75, 3.05) is 52.4 Å². The molecule has 0 atom stereocenters. The van der Waals surface area contributed by atoms with Gasteiger partial charge in [0.1, 0.15) is 5.75 Å². The summed E-state index contributed by atoms with van der Waals surface area (Å²) in [5, 5.41) is 11.8. The molecule has 0 aliphatic rings. The van der Waals surface area contributed by atoms with Crippen LogP contribution in [0.3, 0.4) is 0 Å². The first-order valence-electron chi connectivity index (χ1n) is 6.45. The molecule has 112 valence electrons. The molecule has 0 aliphatic heterocycles. The molecule has 0 bridgehead atoms. The molecule has 6 heteroatoms. The topological polar surface area (TPSA) is 71.0 Å². The van der Waals surface area contributed by atoms with E-state index >= 15 is 0 Å². The van der Waals surface area contributed by atoms with Crippen molar-refractivity contribution in [1.82, 2.24) is 4.90 Å². The Morgan fingerprint density at radius 2 is 2.15 bits per heavy atom. The largest absolute Gasteiger partial charge is 0.497 e. The lowest BCUT2D eigenvalue weighted by molar-refractivity contribution is -0.117. The van der Waals surface area contributed by atoms with Crippen molar-refractivity contribution >= 4 is 11.6 Å². The van der Waals surface area contributed by atoms with Crippen molar-refractivity contribution in [3.8, 4) is 5.75 Å². The minimum atomic E-state index is -0.136. The number of hydrogen-bond donors (Lipinski definition) is 2. The van der Waals surface area contributed by atoms with Gasteiger partial charge in [-0.05, 0) is 12.1 Å². The summed E-state index contributed by atoms with van der Waals surface area (Å²) in [5.41, 5.74) is 0.685. The molecule has 20 heavy (non-hydrogen) atoms. The summed E-state index contributed by atoms with van der Waals surface area (Å²) in [7, 11) is 3.18. The Hall–Kier alpha value is -1.63. The van der Waals surface area contributed by atoms with Crippen molar-refractivity contribution < 1.29 is 19.4 Å². The molecule has 0 spiro atoms. The number of hydrogen-bond acceptors (Lipinski definition) is 5. The van der Waals surface area contributed by atoms with E-state index in [4.69, 9.17) is 14.6 Å².